The molecule has 0 bridgehead atoms. The highest BCUT2D eigenvalue weighted by Crippen LogP contribution is 2.11. The lowest BCUT2D eigenvalue weighted by Gasteiger charge is -2.03. The Bertz CT molecular complexity index is 643. The molecule has 2 rings (SSSR count). The van der Waals surface area contributed by atoms with Crippen LogP contribution in [0.25, 0.3) is 6.08 Å². The zero-order chi connectivity index (χ0) is 13.7. The average Bonchev–Trinajstić information content (AvgIpc) is 2.91. The minimum atomic E-state index is -0.581. The molecule has 1 N–H and O–H groups in total. The summed E-state index contributed by atoms with van der Waals surface area (Å²) in [6, 6.07) is 7.04. The number of halogens is 1. The van der Waals surface area contributed by atoms with Crippen LogP contribution in [0, 0.1) is 17.1 Å². The molecule has 19 heavy (non-hydrogen) atoms. The smallest absolute Gasteiger partial charge is 0.266 e. The van der Waals surface area contributed by atoms with Gasteiger partial charge >= 0.3 is 0 Å². The molecule has 0 aliphatic heterocycles. The number of anilines is 1. The number of aromatic nitrogens is 2. The summed E-state index contributed by atoms with van der Waals surface area (Å²) < 4.78 is 16.3. The van der Waals surface area contributed by atoms with Gasteiger partial charge in [0.15, 0.2) is 0 Å². The van der Waals surface area contributed by atoms with Gasteiger partial charge in [0.25, 0.3) is 5.91 Å². The highest BCUT2D eigenvalue weighted by Gasteiger charge is 2.10. The SMILES string of the molecule is N#C/C(=C\c1csnn1)C(=O)Nc1ccc(F)cc1. The van der Waals surface area contributed by atoms with Crippen LogP contribution in [0.2, 0.25) is 0 Å². The third-order valence-electron chi connectivity index (χ3n) is 2.14. The fourth-order valence-corrected chi connectivity index (χ4v) is 1.67. The first-order valence-electron chi connectivity index (χ1n) is 5.15. The Morgan fingerprint density at radius 3 is 2.74 bits per heavy atom. The van der Waals surface area contributed by atoms with Crippen molar-refractivity contribution in [1.82, 2.24) is 9.59 Å². The lowest BCUT2D eigenvalue weighted by Crippen LogP contribution is -2.13. The minimum absolute atomic E-state index is 0.1000. The van der Waals surface area contributed by atoms with Gasteiger partial charge in [0.1, 0.15) is 17.5 Å². The molecule has 7 heteroatoms. The van der Waals surface area contributed by atoms with Crippen molar-refractivity contribution >= 4 is 29.2 Å². The number of hydrogen-bond donors (Lipinski definition) is 1. The second-order valence-corrected chi connectivity index (χ2v) is 4.07. The third kappa shape index (κ3) is 3.43. The molecule has 0 radical (unpaired) electrons. The van der Waals surface area contributed by atoms with E-state index in [1.807, 2.05) is 0 Å². The number of nitrogens with one attached hydrogen (secondary N) is 1. The highest BCUT2D eigenvalue weighted by atomic mass is 32.1. The lowest BCUT2D eigenvalue weighted by molar-refractivity contribution is -0.112. The summed E-state index contributed by atoms with van der Waals surface area (Å²) in [4.78, 5) is 11.8. The number of nitriles is 1. The van der Waals surface area contributed by atoms with Gasteiger partial charge in [-0.25, -0.2) is 4.39 Å². The van der Waals surface area contributed by atoms with Crippen LogP contribution in [-0.4, -0.2) is 15.5 Å². The molecular weight excluding hydrogens is 267 g/mol. The van der Waals surface area contributed by atoms with E-state index in [0.29, 0.717) is 11.4 Å². The summed E-state index contributed by atoms with van der Waals surface area (Å²) in [5.74, 6) is -0.982. The third-order valence-corrected chi connectivity index (χ3v) is 2.66. The van der Waals surface area contributed by atoms with Crippen LogP contribution in [0.3, 0.4) is 0 Å². The Kier molecular flexibility index (Phi) is 3.95. The molecule has 0 unspecified atom stereocenters. The molecule has 2 aromatic rings. The van der Waals surface area contributed by atoms with Crippen molar-refractivity contribution in [2.24, 2.45) is 0 Å². The summed E-state index contributed by atoms with van der Waals surface area (Å²) >= 11 is 1.12. The van der Waals surface area contributed by atoms with Crippen LogP contribution in [0.5, 0.6) is 0 Å². The topological polar surface area (TPSA) is 78.7 Å². The molecule has 0 spiro atoms. The van der Waals surface area contributed by atoms with E-state index >= 15 is 0 Å². The predicted octanol–water partition coefficient (Wildman–Crippen LogP) is 2.22. The number of nitrogens with zero attached hydrogens (tertiary/aromatic N) is 3. The van der Waals surface area contributed by atoms with Gasteiger partial charge in [-0.2, -0.15) is 5.26 Å². The molecule has 0 saturated carbocycles. The van der Waals surface area contributed by atoms with Gasteiger partial charge in [-0.3, -0.25) is 4.79 Å². The number of hydrogen-bond acceptors (Lipinski definition) is 5. The van der Waals surface area contributed by atoms with Crippen LogP contribution in [0.4, 0.5) is 10.1 Å². The number of amides is 1. The van der Waals surface area contributed by atoms with E-state index in [2.05, 4.69) is 14.9 Å². The maximum absolute atomic E-state index is 12.7. The zero-order valence-corrected chi connectivity index (χ0v) is 10.3. The average molecular weight is 274 g/mol. The van der Waals surface area contributed by atoms with Gasteiger partial charge in [0, 0.05) is 11.1 Å². The normalized spacial score (nSPS) is 10.8. The Morgan fingerprint density at radius 2 is 2.16 bits per heavy atom. The van der Waals surface area contributed by atoms with Crippen LogP contribution in [0.15, 0.2) is 35.2 Å². The molecule has 0 aliphatic carbocycles. The molecule has 0 fully saturated rings. The fourth-order valence-electron chi connectivity index (χ4n) is 1.26. The van der Waals surface area contributed by atoms with Crippen molar-refractivity contribution in [2.45, 2.75) is 0 Å². The molecular formula is C12H7FN4OS. The van der Waals surface area contributed by atoms with E-state index in [1.54, 1.807) is 11.4 Å². The molecule has 1 aromatic heterocycles. The van der Waals surface area contributed by atoms with Crippen LogP contribution >= 0.6 is 11.5 Å². The number of rotatable bonds is 3. The Balaban J connectivity index is 2.14. The van der Waals surface area contributed by atoms with Gasteiger partial charge in [-0.05, 0) is 41.9 Å². The molecule has 5 nitrogen and oxygen atoms in total. The Labute approximate surface area is 112 Å². The quantitative estimate of drug-likeness (QED) is 0.687. The minimum Gasteiger partial charge on any atom is -0.321 e. The first-order chi connectivity index (χ1) is 9.19. The molecule has 94 valence electrons. The number of benzene rings is 1. The van der Waals surface area contributed by atoms with Gasteiger partial charge in [-0.1, -0.05) is 4.49 Å². The molecule has 0 aliphatic rings. The summed E-state index contributed by atoms with van der Waals surface area (Å²) in [6.07, 6.45) is 1.34. The highest BCUT2D eigenvalue weighted by molar-refractivity contribution is 7.03. The van der Waals surface area contributed by atoms with Crippen LogP contribution in [-0.2, 0) is 4.79 Å². The molecule has 0 atom stereocenters. The maximum atomic E-state index is 12.7. The van der Waals surface area contributed by atoms with Gasteiger partial charge in [0.2, 0.25) is 0 Å². The van der Waals surface area contributed by atoms with Gasteiger partial charge < -0.3 is 5.32 Å². The van der Waals surface area contributed by atoms with E-state index in [4.69, 9.17) is 5.26 Å². The van der Waals surface area contributed by atoms with Crippen molar-refractivity contribution in [3.05, 3.63) is 46.7 Å². The molecule has 1 aromatic carbocycles. The van der Waals surface area contributed by atoms with Gasteiger partial charge in [-0.15, -0.1) is 5.10 Å². The van der Waals surface area contributed by atoms with Crippen LogP contribution in [0.1, 0.15) is 5.69 Å². The van der Waals surface area contributed by atoms with E-state index in [0.717, 1.165) is 11.5 Å². The zero-order valence-electron chi connectivity index (χ0n) is 9.50. The fraction of sp³-hybridized carbons (Fsp3) is 0. The predicted molar refractivity (Wildman–Crippen MR) is 68.5 cm³/mol. The van der Waals surface area contributed by atoms with Crippen molar-refractivity contribution in [3.63, 3.8) is 0 Å². The van der Waals surface area contributed by atoms with Crippen molar-refractivity contribution < 1.29 is 9.18 Å². The Morgan fingerprint density at radius 1 is 1.42 bits per heavy atom. The monoisotopic (exact) mass is 274 g/mol. The van der Waals surface area contributed by atoms with Crippen LogP contribution < -0.4 is 5.32 Å². The Hall–Kier alpha value is -2.59. The van der Waals surface area contributed by atoms with Crippen molar-refractivity contribution in [3.8, 4) is 6.07 Å². The van der Waals surface area contributed by atoms with Gasteiger partial charge in [0.05, 0.1) is 5.69 Å². The van der Waals surface area contributed by atoms with E-state index in [-0.39, 0.29) is 5.57 Å². The number of carbonyl (C=O) groups is 1. The summed E-state index contributed by atoms with van der Waals surface area (Å²) in [7, 11) is 0. The van der Waals surface area contributed by atoms with E-state index in [9.17, 15) is 9.18 Å². The van der Waals surface area contributed by atoms with Crippen molar-refractivity contribution in [2.75, 3.05) is 5.32 Å². The summed E-state index contributed by atoms with van der Waals surface area (Å²) in [5.41, 5.74) is 0.747. The maximum Gasteiger partial charge on any atom is 0.266 e. The first kappa shape index (κ1) is 12.9. The second-order valence-electron chi connectivity index (χ2n) is 3.46. The van der Waals surface area contributed by atoms with E-state index in [1.165, 1.54) is 30.3 Å². The summed E-state index contributed by atoms with van der Waals surface area (Å²) in [5, 5.41) is 16.8. The lowest BCUT2D eigenvalue weighted by atomic mass is 10.2. The first-order valence-corrected chi connectivity index (χ1v) is 5.98. The summed E-state index contributed by atoms with van der Waals surface area (Å²) in [6.45, 7) is 0. The standard InChI is InChI=1S/C12H7FN4OS/c13-9-1-3-10(4-2-9)15-12(18)8(6-14)5-11-7-19-17-16-11/h1-5,7H,(H,15,18)/b8-5+. The van der Waals surface area contributed by atoms with E-state index < -0.39 is 11.7 Å². The molecule has 1 heterocycles. The second kappa shape index (κ2) is 5.84. The largest absolute Gasteiger partial charge is 0.321 e. The van der Waals surface area contributed by atoms with Crippen molar-refractivity contribution in [1.29, 1.82) is 5.26 Å². The number of carbonyl (C=O) groups excluding carboxylic acids is 1. The molecule has 1 amide bonds. The molecule has 0 saturated heterocycles.